The van der Waals surface area contributed by atoms with Crippen molar-refractivity contribution in [1.29, 1.82) is 0 Å². The lowest BCUT2D eigenvalue weighted by molar-refractivity contribution is 0.0721. The molecule has 1 aliphatic heterocycles. The Balaban J connectivity index is 1.83. The van der Waals surface area contributed by atoms with E-state index >= 15 is 0 Å². The third kappa shape index (κ3) is 3.08. The number of hydrogen-bond donors (Lipinski definition) is 0. The van der Waals surface area contributed by atoms with E-state index in [0.717, 1.165) is 11.1 Å². The molecule has 7 heteroatoms. The van der Waals surface area contributed by atoms with Gasteiger partial charge in [-0.25, -0.2) is 14.1 Å². The van der Waals surface area contributed by atoms with Crippen LogP contribution < -0.4 is 0 Å². The van der Waals surface area contributed by atoms with Gasteiger partial charge >= 0.3 is 0 Å². The van der Waals surface area contributed by atoms with Crippen molar-refractivity contribution in [2.75, 3.05) is 6.54 Å². The fraction of sp³-hybridized carbons (Fsp3) is 0.438. The van der Waals surface area contributed by atoms with Crippen LogP contribution >= 0.6 is 11.6 Å². The van der Waals surface area contributed by atoms with E-state index in [1.54, 1.807) is 15.9 Å². The van der Waals surface area contributed by atoms with Crippen LogP contribution in [0.1, 0.15) is 42.5 Å². The smallest absolute Gasteiger partial charge is 0.293 e. The van der Waals surface area contributed by atoms with E-state index in [1.165, 1.54) is 12.1 Å². The standard InChI is InChI=1S/C16H18ClFN4O/c1-16(2,3)22-9-19-14(20-22)15(23)21-5-4-12-10(8-21)6-11(18)7-13(12)17/h6-7,9H,4-5,8H2,1-3H3. The van der Waals surface area contributed by atoms with Gasteiger partial charge in [-0.1, -0.05) is 11.6 Å². The van der Waals surface area contributed by atoms with E-state index < -0.39 is 5.82 Å². The second-order valence-corrected chi connectivity index (χ2v) is 7.09. The molecule has 0 spiro atoms. The molecule has 0 atom stereocenters. The quantitative estimate of drug-likeness (QED) is 0.804. The number of halogens is 2. The van der Waals surface area contributed by atoms with E-state index in [2.05, 4.69) is 10.1 Å². The molecule has 0 radical (unpaired) electrons. The molecule has 2 heterocycles. The molecule has 23 heavy (non-hydrogen) atoms. The summed E-state index contributed by atoms with van der Waals surface area (Å²) in [7, 11) is 0. The molecule has 1 aromatic carbocycles. The van der Waals surface area contributed by atoms with Crippen molar-refractivity contribution >= 4 is 17.5 Å². The maximum atomic E-state index is 13.5. The lowest BCUT2D eigenvalue weighted by atomic mass is 9.99. The van der Waals surface area contributed by atoms with Gasteiger partial charge < -0.3 is 4.90 Å². The first kappa shape index (κ1) is 15.9. The molecule has 3 rings (SSSR count). The van der Waals surface area contributed by atoms with Crippen molar-refractivity contribution in [3.63, 3.8) is 0 Å². The van der Waals surface area contributed by atoms with Gasteiger partial charge in [0.05, 0.1) is 5.54 Å². The summed E-state index contributed by atoms with van der Waals surface area (Å²) in [6.45, 7) is 6.78. The molecule has 0 unspecified atom stereocenters. The summed E-state index contributed by atoms with van der Waals surface area (Å²) in [5.74, 6) is -0.483. The van der Waals surface area contributed by atoms with Gasteiger partial charge in [0.2, 0.25) is 5.82 Å². The molecule has 0 aliphatic carbocycles. The van der Waals surface area contributed by atoms with Crippen LogP contribution in [0.3, 0.4) is 0 Å². The number of carbonyl (C=O) groups is 1. The predicted octanol–water partition coefficient (Wildman–Crippen LogP) is 3.02. The summed E-state index contributed by atoms with van der Waals surface area (Å²) in [5, 5.41) is 4.68. The predicted molar refractivity (Wildman–Crippen MR) is 84.9 cm³/mol. The van der Waals surface area contributed by atoms with Crippen LogP contribution in [-0.4, -0.2) is 32.1 Å². The number of fused-ring (bicyclic) bond motifs is 1. The third-order valence-electron chi connectivity index (χ3n) is 3.90. The fourth-order valence-corrected chi connectivity index (χ4v) is 2.93. The lowest BCUT2D eigenvalue weighted by Gasteiger charge is -2.28. The van der Waals surface area contributed by atoms with Gasteiger partial charge in [0.1, 0.15) is 12.1 Å². The maximum absolute atomic E-state index is 13.5. The van der Waals surface area contributed by atoms with Crippen molar-refractivity contribution in [3.8, 4) is 0 Å². The summed E-state index contributed by atoms with van der Waals surface area (Å²) >= 11 is 6.07. The fourth-order valence-electron chi connectivity index (χ4n) is 2.61. The van der Waals surface area contributed by atoms with E-state index in [9.17, 15) is 9.18 Å². The zero-order valence-electron chi connectivity index (χ0n) is 13.3. The van der Waals surface area contributed by atoms with Crippen molar-refractivity contribution in [2.45, 2.75) is 39.3 Å². The number of amides is 1. The molecule has 1 aliphatic rings. The minimum Gasteiger partial charge on any atom is -0.331 e. The summed E-state index contributed by atoms with van der Waals surface area (Å²) in [6.07, 6.45) is 2.15. The Labute approximate surface area is 139 Å². The van der Waals surface area contributed by atoms with Crippen molar-refractivity contribution < 1.29 is 9.18 Å². The minimum atomic E-state index is -0.391. The summed E-state index contributed by atoms with van der Waals surface area (Å²) in [6, 6.07) is 2.74. The summed E-state index contributed by atoms with van der Waals surface area (Å²) in [4.78, 5) is 18.3. The summed E-state index contributed by atoms with van der Waals surface area (Å²) < 4.78 is 15.2. The van der Waals surface area contributed by atoms with Crippen molar-refractivity contribution in [2.24, 2.45) is 0 Å². The topological polar surface area (TPSA) is 51.0 Å². The molecule has 2 aromatic rings. The van der Waals surface area contributed by atoms with Crippen molar-refractivity contribution in [1.82, 2.24) is 19.7 Å². The first-order chi connectivity index (χ1) is 10.8. The second kappa shape index (κ2) is 5.60. The highest BCUT2D eigenvalue weighted by atomic mass is 35.5. The third-order valence-corrected chi connectivity index (χ3v) is 4.24. The molecule has 5 nitrogen and oxygen atoms in total. The number of nitrogens with zero attached hydrogens (tertiary/aromatic N) is 4. The van der Waals surface area contributed by atoms with E-state index in [4.69, 9.17) is 11.6 Å². The molecule has 0 N–H and O–H groups in total. The minimum absolute atomic E-state index is 0.158. The molecule has 1 aromatic heterocycles. The van der Waals surface area contributed by atoms with Gasteiger partial charge in [-0.3, -0.25) is 4.79 Å². The van der Waals surface area contributed by atoms with Gasteiger partial charge in [-0.2, -0.15) is 0 Å². The molecule has 0 fully saturated rings. The first-order valence-corrected chi connectivity index (χ1v) is 7.82. The molecular formula is C16H18ClFN4O. The number of carbonyl (C=O) groups excluding carboxylic acids is 1. The van der Waals surface area contributed by atoms with E-state index in [-0.39, 0.29) is 17.3 Å². The highest BCUT2D eigenvalue weighted by Gasteiger charge is 2.27. The molecule has 1 amide bonds. The number of rotatable bonds is 1. The van der Waals surface area contributed by atoms with Gasteiger partial charge in [0, 0.05) is 18.1 Å². The Morgan fingerprint density at radius 2 is 2.09 bits per heavy atom. The monoisotopic (exact) mass is 336 g/mol. The zero-order chi connectivity index (χ0) is 16.8. The van der Waals surface area contributed by atoms with Crippen LogP contribution in [0.2, 0.25) is 5.02 Å². The van der Waals surface area contributed by atoms with Crippen LogP contribution in [0.15, 0.2) is 18.5 Å². The molecule has 122 valence electrons. The van der Waals surface area contributed by atoms with E-state index in [1.807, 2.05) is 20.8 Å². The summed E-state index contributed by atoms with van der Waals surface area (Å²) in [5.41, 5.74) is 1.41. The average molecular weight is 337 g/mol. The van der Waals surface area contributed by atoms with E-state index in [0.29, 0.717) is 24.5 Å². The Morgan fingerprint density at radius 1 is 1.35 bits per heavy atom. The van der Waals surface area contributed by atoms with Crippen LogP contribution in [-0.2, 0) is 18.5 Å². The highest BCUT2D eigenvalue weighted by Crippen LogP contribution is 2.28. The largest absolute Gasteiger partial charge is 0.331 e. The number of aromatic nitrogens is 3. The average Bonchev–Trinajstić information content (AvgIpc) is 2.95. The first-order valence-electron chi connectivity index (χ1n) is 7.44. The van der Waals surface area contributed by atoms with Crippen LogP contribution in [0.25, 0.3) is 0 Å². The SMILES string of the molecule is CC(C)(C)n1cnc(C(=O)N2CCc3c(Cl)cc(F)cc3C2)n1. The van der Waals surface area contributed by atoms with Gasteiger partial charge in [-0.15, -0.1) is 5.10 Å². The van der Waals surface area contributed by atoms with Crippen molar-refractivity contribution in [3.05, 3.63) is 46.3 Å². The molecule has 0 bridgehead atoms. The Bertz CT molecular complexity index is 766. The van der Waals surface area contributed by atoms with Crippen LogP contribution in [0.4, 0.5) is 4.39 Å². The molecule has 0 saturated heterocycles. The van der Waals surface area contributed by atoms with Gasteiger partial charge in [-0.05, 0) is 50.5 Å². The highest BCUT2D eigenvalue weighted by molar-refractivity contribution is 6.31. The normalized spacial score (nSPS) is 14.7. The Kier molecular flexibility index (Phi) is 3.88. The van der Waals surface area contributed by atoms with Crippen LogP contribution in [0.5, 0.6) is 0 Å². The second-order valence-electron chi connectivity index (χ2n) is 6.69. The maximum Gasteiger partial charge on any atom is 0.293 e. The number of hydrogen-bond acceptors (Lipinski definition) is 3. The number of benzene rings is 1. The molecule has 0 saturated carbocycles. The molecular weight excluding hydrogens is 319 g/mol. The van der Waals surface area contributed by atoms with Gasteiger partial charge in [0.25, 0.3) is 5.91 Å². The van der Waals surface area contributed by atoms with Gasteiger partial charge in [0.15, 0.2) is 0 Å². The lowest BCUT2D eigenvalue weighted by Crippen LogP contribution is -2.37. The Hall–Kier alpha value is -1.95. The van der Waals surface area contributed by atoms with Crippen LogP contribution in [0, 0.1) is 5.82 Å². The Morgan fingerprint density at radius 3 is 2.74 bits per heavy atom. The zero-order valence-corrected chi connectivity index (χ0v) is 14.1.